The van der Waals surface area contributed by atoms with Gasteiger partial charge in [0.15, 0.2) is 5.54 Å². The third-order valence-electron chi connectivity index (χ3n) is 4.98. The lowest BCUT2D eigenvalue weighted by Crippen LogP contribution is -2.36. The first-order valence-corrected chi connectivity index (χ1v) is 11.1. The second-order valence-electron chi connectivity index (χ2n) is 7.16. The van der Waals surface area contributed by atoms with Gasteiger partial charge in [-0.2, -0.15) is 0 Å². The van der Waals surface area contributed by atoms with Crippen molar-refractivity contribution >= 4 is 34.0 Å². The monoisotopic (exact) mass is 447 g/mol. The van der Waals surface area contributed by atoms with Crippen molar-refractivity contribution in [2.24, 2.45) is 4.99 Å². The normalized spacial score (nSPS) is 18.5. The Balaban J connectivity index is 2.35. The fourth-order valence-electron chi connectivity index (χ4n) is 3.24. The first-order chi connectivity index (χ1) is 14.9. The van der Waals surface area contributed by atoms with Gasteiger partial charge in [0.2, 0.25) is 5.12 Å². The summed E-state index contributed by atoms with van der Waals surface area (Å²) in [6, 6.07) is 9.55. The van der Waals surface area contributed by atoms with Crippen LogP contribution in [-0.2, 0) is 35.2 Å². The predicted molar refractivity (Wildman–Crippen MR) is 119 cm³/mol. The molecule has 31 heavy (non-hydrogen) atoms. The fourth-order valence-corrected chi connectivity index (χ4v) is 4.17. The van der Waals surface area contributed by atoms with E-state index in [2.05, 4.69) is 11.9 Å². The number of rotatable bonds is 11. The highest BCUT2D eigenvalue weighted by molar-refractivity contribution is 8.26. The number of ether oxygens (including phenoxy) is 3. The average molecular weight is 448 g/mol. The number of hydrogen-bond donors (Lipinski definition) is 0. The fraction of sp³-hybridized carbons (Fsp3) is 0.478. The van der Waals surface area contributed by atoms with Gasteiger partial charge in [-0.05, 0) is 17.6 Å². The van der Waals surface area contributed by atoms with E-state index in [9.17, 15) is 14.4 Å². The van der Waals surface area contributed by atoms with Crippen molar-refractivity contribution in [1.29, 1.82) is 0 Å². The third kappa shape index (κ3) is 6.95. The molecule has 0 fully saturated rings. The minimum absolute atomic E-state index is 0.227. The zero-order valence-electron chi connectivity index (χ0n) is 18.2. The molecule has 0 N–H and O–H groups in total. The van der Waals surface area contributed by atoms with Crippen LogP contribution >= 0.6 is 11.8 Å². The molecule has 0 saturated heterocycles. The van der Waals surface area contributed by atoms with Crippen LogP contribution in [0.4, 0.5) is 0 Å². The number of thioether (sulfide) groups is 1. The highest BCUT2D eigenvalue weighted by Crippen LogP contribution is 2.42. The van der Waals surface area contributed by atoms with Crippen LogP contribution in [0.1, 0.15) is 51.0 Å². The second kappa shape index (κ2) is 12.3. The van der Waals surface area contributed by atoms with Crippen LogP contribution in [0, 0.1) is 0 Å². The quantitative estimate of drug-likeness (QED) is 0.285. The molecular weight excluding hydrogens is 418 g/mol. The topological polar surface area (TPSA) is 91.3 Å². The molecule has 0 amide bonds. The minimum atomic E-state index is -1.35. The molecule has 7 nitrogen and oxygen atoms in total. The maximum absolute atomic E-state index is 13.2. The Hall–Kier alpha value is -2.61. The second-order valence-corrected chi connectivity index (χ2v) is 8.08. The van der Waals surface area contributed by atoms with Crippen LogP contribution in [-0.4, -0.2) is 42.0 Å². The van der Waals surface area contributed by atoms with Gasteiger partial charge in [-0.3, -0.25) is 9.59 Å². The zero-order valence-corrected chi connectivity index (χ0v) is 19.0. The van der Waals surface area contributed by atoms with E-state index in [0.29, 0.717) is 6.42 Å². The van der Waals surface area contributed by atoms with Crippen LogP contribution in [0.15, 0.2) is 47.0 Å². The van der Waals surface area contributed by atoms with Gasteiger partial charge in [0, 0.05) is 17.8 Å². The van der Waals surface area contributed by atoms with E-state index < -0.39 is 17.5 Å². The molecule has 0 aromatic heterocycles. The van der Waals surface area contributed by atoms with E-state index in [0.717, 1.165) is 43.0 Å². The van der Waals surface area contributed by atoms with E-state index in [1.54, 1.807) is 0 Å². The highest BCUT2D eigenvalue weighted by atomic mass is 32.2. The maximum Gasteiger partial charge on any atom is 0.330 e. The van der Waals surface area contributed by atoms with Crippen molar-refractivity contribution in [3.05, 3.63) is 47.5 Å². The van der Waals surface area contributed by atoms with Crippen molar-refractivity contribution in [3.8, 4) is 0 Å². The highest BCUT2D eigenvalue weighted by Gasteiger charge is 2.48. The van der Waals surface area contributed by atoms with E-state index in [-0.39, 0.29) is 28.9 Å². The standard InChI is InChI=1S/C23H29NO6S/c1-4-5-6-10-13-23(18(14-19(25)28-2)15-20(26)29-3)21(27)31-22(24-23)30-16-17-11-8-7-9-12-17/h7-9,11-12,14H,4-6,10,13,15-16H2,1-3H3/b18-14+/t23-/m0/s1. The summed E-state index contributed by atoms with van der Waals surface area (Å²) in [5.41, 5.74) is -0.149. The lowest BCUT2D eigenvalue weighted by atomic mass is 9.83. The third-order valence-corrected chi connectivity index (χ3v) is 5.89. The van der Waals surface area contributed by atoms with Gasteiger partial charge in [0.1, 0.15) is 6.61 Å². The molecule has 0 bridgehead atoms. The van der Waals surface area contributed by atoms with E-state index in [1.807, 2.05) is 30.3 Å². The predicted octanol–water partition coefficient (Wildman–Crippen LogP) is 4.20. The molecule has 0 aliphatic carbocycles. The van der Waals surface area contributed by atoms with Crippen LogP contribution in [0.3, 0.4) is 0 Å². The summed E-state index contributed by atoms with van der Waals surface area (Å²) < 4.78 is 15.3. The molecule has 1 heterocycles. The molecule has 0 radical (unpaired) electrons. The Morgan fingerprint density at radius 2 is 1.84 bits per heavy atom. The lowest BCUT2D eigenvalue weighted by molar-refractivity contribution is -0.139. The Kier molecular flexibility index (Phi) is 9.78. The smallest absolute Gasteiger partial charge is 0.330 e. The molecule has 8 heteroatoms. The minimum Gasteiger partial charge on any atom is -0.469 e. The number of nitrogens with zero attached hydrogens (tertiary/aromatic N) is 1. The summed E-state index contributed by atoms with van der Waals surface area (Å²) in [6.07, 6.45) is 5.00. The largest absolute Gasteiger partial charge is 0.469 e. The summed E-state index contributed by atoms with van der Waals surface area (Å²) >= 11 is 0.897. The zero-order chi connectivity index (χ0) is 22.7. The molecule has 1 aromatic carbocycles. The van der Waals surface area contributed by atoms with Gasteiger partial charge >= 0.3 is 11.9 Å². The van der Waals surface area contributed by atoms with Gasteiger partial charge in [-0.1, -0.05) is 62.9 Å². The van der Waals surface area contributed by atoms with Crippen LogP contribution in [0.25, 0.3) is 0 Å². The van der Waals surface area contributed by atoms with Gasteiger partial charge in [-0.15, -0.1) is 0 Å². The van der Waals surface area contributed by atoms with E-state index in [4.69, 9.17) is 14.2 Å². The van der Waals surface area contributed by atoms with Gasteiger partial charge in [0.25, 0.3) is 5.23 Å². The number of aliphatic imine (C=N–C) groups is 1. The molecule has 0 saturated carbocycles. The number of unbranched alkanes of at least 4 members (excludes halogenated alkanes) is 3. The Morgan fingerprint density at radius 1 is 1.10 bits per heavy atom. The Morgan fingerprint density at radius 3 is 2.48 bits per heavy atom. The number of carbonyl (C=O) groups excluding carboxylic acids is 3. The molecule has 1 aromatic rings. The molecular formula is C23H29NO6S. The van der Waals surface area contributed by atoms with Crippen LogP contribution in [0.5, 0.6) is 0 Å². The van der Waals surface area contributed by atoms with Gasteiger partial charge in [0.05, 0.1) is 20.6 Å². The average Bonchev–Trinajstić information content (AvgIpc) is 3.11. The molecule has 0 unspecified atom stereocenters. The van der Waals surface area contributed by atoms with Crippen molar-refractivity contribution in [1.82, 2.24) is 0 Å². The lowest BCUT2D eigenvalue weighted by Gasteiger charge is -2.26. The number of carbonyl (C=O) groups is 3. The van der Waals surface area contributed by atoms with E-state index >= 15 is 0 Å². The Labute approximate surface area is 187 Å². The van der Waals surface area contributed by atoms with Crippen molar-refractivity contribution < 1.29 is 28.6 Å². The van der Waals surface area contributed by atoms with Crippen LogP contribution in [0.2, 0.25) is 0 Å². The summed E-state index contributed by atoms with van der Waals surface area (Å²) in [6.45, 7) is 2.36. The first kappa shape index (κ1) is 24.7. The molecule has 1 aliphatic rings. The summed E-state index contributed by atoms with van der Waals surface area (Å²) in [5.74, 6) is -1.21. The first-order valence-electron chi connectivity index (χ1n) is 10.3. The molecule has 1 aliphatic heterocycles. The van der Waals surface area contributed by atoms with E-state index in [1.165, 1.54) is 20.3 Å². The number of methoxy groups -OCH3 is 2. The number of hydrogen-bond acceptors (Lipinski definition) is 8. The van der Waals surface area contributed by atoms with Gasteiger partial charge < -0.3 is 14.2 Å². The molecule has 168 valence electrons. The Bertz CT molecular complexity index is 836. The SMILES string of the molecule is CCCCCC[C@@]1(/C(=C/C(=O)OC)CC(=O)OC)N=C(OCc2ccccc2)SC1=O. The number of benzene rings is 1. The van der Waals surface area contributed by atoms with Crippen molar-refractivity contribution in [2.75, 3.05) is 14.2 Å². The summed E-state index contributed by atoms with van der Waals surface area (Å²) in [5, 5.41) is -0.0453. The number of esters is 2. The van der Waals surface area contributed by atoms with Crippen molar-refractivity contribution in [3.63, 3.8) is 0 Å². The molecule has 0 spiro atoms. The summed E-state index contributed by atoms with van der Waals surface area (Å²) in [4.78, 5) is 41.9. The molecule has 1 atom stereocenters. The van der Waals surface area contributed by atoms with Crippen molar-refractivity contribution in [2.45, 2.75) is 57.6 Å². The van der Waals surface area contributed by atoms with Gasteiger partial charge in [-0.25, -0.2) is 9.79 Å². The summed E-state index contributed by atoms with van der Waals surface area (Å²) in [7, 11) is 2.50. The maximum atomic E-state index is 13.2. The van der Waals surface area contributed by atoms with Crippen LogP contribution < -0.4 is 0 Å². The molecule has 2 rings (SSSR count).